The number of halogens is 2. The van der Waals surface area contributed by atoms with Crippen LogP contribution in [0, 0.1) is 34.6 Å². The number of aryl methyl sites for hydroxylation is 8. The number of thioether (sulfide) groups is 2. The van der Waals surface area contributed by atoms with Crippen LogP contribution in [-0.4, -0.2) is 142 Å². The summed E-state index contributed by atoms with van der Waals surface area (Å²) in [6.07, 6.45) is 15.3. The number of ether oxygens (including phenoxy) is 1. The largest absolute Gasteiger partial charge is 0.748 e. The number of phenolic OH excluding ortho intramolecular Hbond substituents is 2. The molecule has 11 aromatic rings. The topological polar surface area (TPSA) is 406 Å². The van der Waals surface area contributed by atoms with E-state index in [1.54, 1.807) is 82.3 Å². The number of anilines is 3. The summed E-state index contributed by atoms with van der Waals surface area (Å²) in [5, 5.41) is 26.6. The average Bonchev–Trinajstić information content (AvgIpc) is 1.60. The maximum absolute atomic E-state index is 11.6. The molecule has 5 N–H and O–H groups in total. The molecule has 40 heteroatoms. The van der Waals surface area contributed by atoms with Crippen LogP contribution >= 0.6 is 80.7 Å². The Labute approximate surface area is 802 Å². The molecule has 3 aliphatic rings. The summed E-state index contributed by atoms with van der Waals surface area (Å²) in [4.78, 5) is 7.92. The minimum Gasteiger partial charge on any atom is -0.748 e. The molecule has 0 amide bonds. The van der Waals surface area contributed by atoms with Gasteiger partial charge in [-0.05, 0) is 220 Å². The molecule has 0 aliphatic carbocycles. The predicted octanol–water partition coefficient (Wildman–Crippen LogP) is 19.1. The SMILES string of the molecule is CCC(=Cc1sc2ccc(C)cc2[n+]1CCCS(=O)(=O)[O-])/C=C1\Sc2ccc(C)cc2N1CCCS(=O)(=O)O.CCC(=Cc1sc2ccc(Cl)cc2[n+]1CCCS(=O)(=O)[O-])/C=C1\Sc2ccc(Cl)cc2N1CCCS(=O)(=O)O.CCC(=Cc1sc2ccc3ccccc3c2[n+]1CCCS(=O)(=O)[O-])/C=C1\Oc2cc(C)c(C)cc2N1CCS(=O)(=O)O.Cc1cc(O)c(C(C)C)cc1O. The van der Waals surface area contributed by atoms with Crippen LogP contribution in [0.5, 0.6) is 17.2 Å². The van der Waals surface area contributed by atoms with E-state index in [1.807, 2.05) is 168 Å². The summed E-state index contributed by atoms with van der Waals surface area (Å²) in [6, 6.07) is 42.6. The fourth-order valence-electron chi connectivity index (χ4n) is 14.9. The molecule has 0 saturated carbocycles. The van der Waals surface area contributed by atoms with E-state index in [9.17, 15) is 88.0 Å². The molecule has 0 radical (unpaired) electrons. The molecule has 0 atom stereocenters. The number of nitrogens with zero attached hydrogens (tertiary/aromatic N) is 6. The van der Waals surface area contributed by atoms with Gasteiger partial charge in [-0.1, -0.05) is 152 Å². The van der Waals surface area contributed by atoms with Gasteiger partial charge < -0.3 is 43.3 Å². The van der Waals surface area contributed by atoms with Crippen molar-refractivity contribution in [3.8, 4) is 17.2 Å². The molecule has 6 heterocycles. The number of phenols is 2. The van der Waals surface area contributed by atoms with E-state index >= 15 is 0 Å². The first kappa shape index (κ1) is 104. The Balaban J connectivity index is 0.000000179. The molecule has 3 aliphatic heterocycles. The number of benzene rings is 8. The Bertz CT molecular complexity index is 6880. The normalized spacial score (nSPS) is 14.9. The minimum absolute atomic E-state index is 0.00963. The van der Waals surface area contributed by atoms with Crippen molar-refractivity contribution in [1.29, 1.82) is 0 Å². The Kier molecular flexibility index (Phi) is 35.2. The standard InChI is InChI=1S/C30H32N2O7S3.C27H32N2O6S4.C25H26Cl2N2O6S4.C10H14O2/c1-4-22(18-28-31(13-15-42(36,37)38)25-16-20(2)21(3)17-26(25)39-28)19-29-32(12-7-14-41(33,34)35)30-24-9-6-5-8-23(24)10-11-27(30)40-29;1-4-21(17-26-28(11-5-13-38(30,31)32)22-15-19(2)7-9-24(22)36-26)18-27-29(12-6-14-39(33,34)35)23-16-20(3)8-10-25(23)37-27;1-2-17(13-24-28(9-3-11-38(30,31)32)20-15-18(26)5-7-22(20)36-24)14-25-29(10-4-12-39(33,34)35)21-16-19(27)6-8-23(21)37-25;1-6(2)8-5-9(11)7(3)4-10(8)12/h5-6,8-11,16-19H,4,7,12-15H2,1-3H3,(H-,33,34,35,36,37,38);7-10,15-18H,4-6,11-14H2,1-3H3,(H-,30,31,32,33,34,35);5-8,13-16H,2-4,9-12H2,1H3,(H-,30,31,32,33,34,35);4-6,11-12H,1-3H3. The maximum atomic E-state index is 11.6. The number of aromatic nitrogens is 3. The van der Waals surface area contributed by atoms with Crippen LogP contribution in [0.4, 0.5) is 17.1 Å². The highest BCUT2D eigenvalue weighted by Crippen LogP contribution is 2.50. The van der Waals surface area contributed by atoms with Gasteiger partial charge in [-0.3, -0.25) is 13.7 Å². The second kappa shape index (κ2) is 44.7. The zero-order chi connectivity index (χ0) is 96.3. The van der Waals surface area contributed by atoms with Crippen molar-refractivity contribution in [1.82, 2.24) is 0 Å². The van der Waals surface area contributed by atoms with Gasteiger partial charge in [-0.2, -0.15) is 39.0 Å². The third kappa shape index (κ3) is 29.1. The van der Waals surface area contributed by atoms with Crippen LogP contribution in [0.25, 0.3) is 59.7 Å². The molecule has 0 spiro atoms. The van der Waals surface area contributed by atoms with Gasteiger partial charge in [0.15, 0.2) is 25.4 Å². The molecule has 0 saturated heterocycles. The van der Waals surface area contributed by atoms with Gasteiger partial charge in [0.1, 0.15) is 25.6 Å². The van der Waals surface area contributed by atoms with Crippen molar-refractivity contribution < 1.29 is 106 Å². The van der Waals surface area contributed by atoms with E-state index in [-0.39, 0.29) is 67.6 Å². The van der Waals surface area contributed by atoms with Crippen LogP contribution in [0.3, 0.4) is 0 Å². The van der Waals surface area contributed by atoms with Gasteiger partial charge in [-0.25, -0.2) is 25.3 Å². The van der Waals surface area contributed by atoms with Gasteiger partial charge in [0, 0.05) is 118 Å². The smallest absolute Gasteiger partial charge is 0.266 e. The lowest BCUT2D eigenvalue weighted by atomic mass is 10.00. The van der Waals surface area contributed by atoms with Crippen molar-refractivity contribution in [2.75, 3.05) is 68.9 Å². The first-order valence-electron chi connectivity index (χ1n) is 42.2. The maximum Gasteiger partial charge on any atom is 0.266 e. The number of rotatable bonds is 33. The summed E-state index contributed by atoms with van der Waals surface area (Å²) in [7, 11) is -25.3. The van der Waals surface area contributed by atoms with E-state index in [1.165, 1.54) is 11.3 Å². The molecule has 14 rings (SSSR count). The van der Waals surface area contributed by atoms with Crippen molar-refractivity contribution in [2.45, 2.75) is 156 Å². The van der Waals surface area contributed by atoms with Crippen LogP contribution in [-0.2, 0) is 80.3 Å². The minimum atomic E-state index is -4.35. The second-order valence-corrected chi connectivity index (χ2v) is 47.6. The molecule has 0 bridgehead atoms. The molecule has 0 fully saturated rings. The van der Waals surface area contributed by atoms with E-state index in [2.05, 4.69) is 63.4 Å². The zero-order valence-electron chi connectivity index (χ0n) is 74.1. The van der Waals surface area contributed by atoms with Crippen molar-refractivity contribution in [3.63, 3.8) is 0 Å². The molecule has 27 nitrogen and oxygen atoms in total. The number of hydrogen-bond acceptors (Lipinski definition) is 26. The van der Waals surface area contributed by atoms with Crippen molar-refractivity contribution in [3.05, 3.63) is 243 Å². The van der Waals surface area contributed by atoms with Crippen LogP contribution in [0.1, 0.15) is 140 Å². The van der Waals surface area contributed by atoms with Crippen LogP contribution < -0.4 is 33.1 Å². The van der Waals surface area contributed by atoms with Gasteiger partial charge in [0.05, 0.1) is 80.1 Å². The number of hydrogen-bond donors (Lipinski definition) is 5. The van der Waals surface area contributed by atoms with Gasteiger partial charge >= 0.3 is 0 Å². The quantitative estimate of drug-likeness (QED) is 0.0145. The molecular formula is C92H104Cl2N6O21S11. The van der Waals surface area contributed by atoms with E-state index in [0.717, 1.165) is 144 Å². The highest BCUT2D eigenvalue weighted by molar-refractivity contribution is 8.04. The fraction of sp³-hybridized carbons (Fsp3) is 0.337. The van der Waals surface area contributed by atoms with E-state index in [0.29, 0.717) is 72.8 Å². The van der Waals surface area contributed by atoms with E-state index < -0.39 is 83.7 Å². The monoisotopic (exact) mass is 2050 g/mol. The number of allylic oxidation sites excluding steroid dienone is 6. The Morgan fingerprint density at radius 1 is 0.447 bits per heavy atom. The Hall–Kier alpha value is -8.33. The van der Waals surface area contributed by atoms with Crippen molar-refractivity contribution >= 4 is 218 Å². The predicted molar refractivity (Wildman–Crippen MR) is 530 cm³/mol. The number of thiazole rings is 3. The lowest BCUT2D eigenvalue weighted by Crippen LogP contribution is -2.36. The van der Waals surface area contributed by atoms with Gasteiger partial charge in [0.25, 0.3) is 45.4 Å². The summed E-state index contributed by atoms with van der Waals surface area (Å²) in [6.45, 7) is 21.7. The third-order valence-electron chi connectivity index (χ3n) is 21.6. The highest BCUT2D eigenvalue weighted by atomic mass is 35.5. The molecule has 8 aromatic carbocycles. The Morgan fingerprint density at radius 2 is 0.894 bits per heavy atom. The lowest BCUT2D eigenvalue weighted by molar-refractivity contribution is -0.668. The third-order valence-corrected chi connectivity index (χ3v) is 32.3. The average molecular weight is 2050 g/mol. The molecule has 0 unspecified atom stereocenters. The summed E-state index contributed by atoms with van der Waals surface area (Å²) < 4.78 is 213. The fourth-order valence-corrected chi connectivity index (χ4v) is 23.8. The molecule has 708 valence electrons. The van der Waals surface area contributed by atoms with Gasteiger partial charge in [-0.15, -0.1) is 0 Å². The Morgan fingerprint density at radius 3 is 1.42 bits per heavy atom. The number of fused-ring (bicyclic) bond motifs is 8. The highest BCUT2D eigenvalue weighted by Gasteiger charge is 2.33. The first-order chi connectivity index (χ1) is 62.0. The summed E-state index contributed by atoms with van der Waals surface area (Å²) in [5.41, 5.74) is 14.1. The van der Waals surface area contributed by atoms with E-state index in [4.69, 9.17) is 27.9 Å². The van der Waals surface area contributed by atoms with Crippen LogP contribution in [0.2, 0.25) is 10.0 Å². The van der Waals surface area contributed by atoms with Crippen molar-refractivity contribution in [2.24, 2.45) is 0 Å². The summed E-state index contributed by atoms with van der Waals surface area (Å²) in [5.74, 6) is -0.642. The van der Waals surface area contributed by atoms with Crippen LogP contribution in [0.15, 0.2) is 194 Å². The second-order valence-electron chi connectivity index (χ2n) is 32.2. The molecular weight excluding hydrogens is 1950 g/mol. The van der Waals surface area contributed by atoms with Gasteiger partial charge in [0.2, 0.25) is 22.4 Å². The first-order valence-corrected chi connectivity index (χ1v) is 56.6. The summed E-state index contributed by atoms with van der Waals surface area (Å²) >= 11 is 20.4. The lowest BCUT2D eigenvalue weighted by Gasteiger charge is -2.21. The molecule has 3 aromatic heterocycles. The zero-order valence-corrected chi connectivity index (χ0v) is 84.6. The molecule has 132 heavy (non-hydrogen) atoms. The number of aromatic hydroxyl groups is 2.